The number of benzene rings is 2. The summed E-state index contributed by atoms with van der Waals surface area (Å²) < 4.78 is 6.00. The van der Waals surface area contributed by atoms with Gasteiger partial charge in [-0.05, 0) is 68.5 Å². The smallest absolute Gasteiger partial charge is 0.124 e. The summed E-state index contributed by atoms with van der Waals surface area (Å²) in [5, 5.41) is 4.95. The Morgan fingerprint density at radius 3 is 2.35 bits per heavy atom. The van der Waals surface area contributed by atoms with Crippen molar-refractivity contribution in [3.8, 4) is 5.75 Å². The van der Waals surface area contributed by atoms with Crippen molar-refractivity contribution < 1.29 is 4.74 Å². The van der Waals surface area contributed by atoms with E-state index < -0.39 is 0 Å². The van der Waals surface area contributed by atoms with Gasteiger partial charge in [0.05, 0.1) is 0 Å². The van der Waals surface area contributed by atoms with Gasteiger partial charge in [-0.1, -0.05) is 49.2 Å². The predicted octanol–water partition coefficient (Wildman–Crippen LogP) is 5.39. The van der Waals surface area contributed by atoms with E-state index in [1.54, 1.807) is 0 Å². The van der Waals surface area contributed by atoms with Gasteiger partial charge in [0.1, 0.15) is 12.4 Å². The highest BCUT2D eigenvalue weighted by atomic mass is 35.5. The first-order valence-electron chi connectivity index (χ1n) is 9.21. The van der Waals surface area contributed by atoms with Crippen molar-refractivity contribution in [2.24, 2.45) is 0 Å². The molecule has 0 aliphatic rings. The highest BCUT2D eigenvalue weighted by Gasteiger charge is 2.06. The Bertz CT molecular complexity index is 658. The van der Waals surface area contributed by atoms with Gasteiger partial charge in [-0.2, -0.15) is 0 Å². The average molecular weight is 395 g/mol. The molecule has 1 N–H and O–H groups in total. The fraction of sp³-hybridized carbons (Fsp3) is 0.429. The number of nitrogens with zero attached hydrogens (tertiary/aromatic N) is 1. The highest BCUT2D eigenvalue weighted by molar-refractivity contribution is 6.30. The van der Waals surface area contributed by atoms with Crippen LogP contribution in [0.1, 0.15) is 31.4 Å². The van der Waals surface area contributed by atoms with Crippen molar-refractivity contribution in [2.45, 2.75) is 33.4 Å². The lowest BCUT2D eigenvalue weighted by Gasteiger charge is -2.18. The molecule has 0 aliphatic carbocycles. The van der Waals surface area contributed by atoms with Crippen molar-refractivity contribution in [2.75, 3.05) is 26.2 Å². The van der Waals surface area contributed by atoms with Crippen LogP contribution in [-0.4, -0.2) is 31.1 Å². The molecule has 0 heterocycles. The summed E-state index contributed by atoms with van der Waals surface area (Å²) in [5.41, 5.74) is 2.16. The highest BCUT2D eigenvalue weighted by Crippen LogP contribution is 2.24. The third-order valence-corrected chi connectivity index (χ3v) is 4.85. The fourth-order valence-electron chi connectivity index (χ4n) is 2.76. The predicted molar refractivity (Wildman–Crippen MR) is 111 cm³/mol. The maximum atomic E-state index is 6.17. The Balaban J connectivity index is 1.85. The van der Waals surface area contributed by atoms with Gasteiger partial charge in [0.25, 0.3) is 0 Å². The second kappa shape index (κ2) is 11.5. The van der Waals surface area contributed by atoms with Crippen LogP contribution in [0.2, 0.25) is 10.0 Å². The van der Waals surface area contributed by atoms with Gasteiger partial charge in [0, 0.05) is 22.2 Å². The quantitative estimate of drug-likeness (QED) is 0.516. The largest absolute Gasteiger partial charge is 0.489 e. The molecule has 0 spiro atoms. The van der Waals surface area contributed by atoms with Crippen LogP contribution in [0.5, 0.6) is 5.75 Å². The van der Waals surface area contributed by atoms with Crippen LogP contribution in [0.15, 0.2) is 42.5 Å². The van der Waals surface area contributed by atoms with E-state index in [1.807, 2.05) is 42.5 Å². The van der Waals surface area contributed by atoms with Crippen LogP contribution in [0.3, 0.4) is 0 Å². The zero-order valence-corrected chi connectivity index (χ0v) is 17.1. The Morgan fingerprint density at radius 2 is 1.65 bits per heavy atom. The van der Waals surface area contributed by atoms with Crippen molar-refractivity contribution in [1.82, 2.24) is 10.2 Å². The molecule has 0 aliphatic heterocycles. The number of halogens is 2. The molecule has 0 unspecified atom stereocenters. The number of hydrogen-bond donors (Lipinski definition) is 1. The minimum atomic E-state index is 0.508. The minimum Gasteiger partial charge on any atom is -0.489 e. The zero-order valence-electron chi connectivity index (χ0n) is 15.6. The lowest BCUT2D eigenvalue weighted by molar-refractivity contribution is 0.295. The van der Waals surface area contributed by atoms with E-state index in [-0.39, 0.29) is 0 Å². The average Bonchev–Trinajstić information content (AvgIpc) is 2.65. The van der Waals surface area contributed by atoms with E-state index in [2.05, 4.69) is 24.1 Å². The molecular weight excluding hydrogens is 367 g/mol. The normalized spacial score (nSPS) is 11.1. The SMILES string of the molecule is CCN(CC)CCCNCc1cc(Cl)ccc1OCc1ccc(Cl)cc1. The van der Waals surface area contributed by atoms with Crippen LogP contribution in [-0.2, 0) is 13.2 Å². The van der Waals surface area contributed by atoms with E-state index in [0.29, 0.717) is 6.61 Å². The summed E-state index contributed by atoms with van der Waals surface area (Å²) in [6.45, 7) is 9.96. The van der Waals surface area contributed by atoms with Crippen LogP contribution in [0.4, 0.5) is 0 Å². The van der Waals surface area contributed by atoms with Crippen molar-refractivity contribution in [1.29, 1.82) is 0 Å². The molecule has 142 valence electrons. The molecule has 0 bridgehead atoms. The second-order valence-corrected chi connectivity index (χ2v) is 7.10. The molecule has 26 heavy (non-hydrogen) atoms. The van der Waals surface area contributed by atoms with E-state index >= 15 is 0 Å². The van der Waals surface area contributed by atoms with Gasteiger partial charge in [-0.25, -0.2) is 0 Å². The van der Waals surface area contributed by atoms with Crippen LogP contribution < -0.4 is 10.1 Å². The molecule has 0 saturated heterocycles. The molecule has 3 nitrogen and oxygen atoms in total. The number of ether oxygens (including phenoxy) is 1. The van der Waals surface area contributed by atoms with E-state index in [9.17, 15) is 0 Å². The molecule has 0 radical (unpaired) electrons. The minimum absolute atomic E-state index is 0.508. The van der Waals surface area contributed by atoms with E-state index in [0.717, 1.165) is 66.1 Å². The third-order valence-electron chi connectivity index (χ3n) is 4.37. The number of hydrogen-bond acceptors (Lipinski definition) is 3. The van der Waals surface area contributed by atoms with Gasteiger partial charge in [0.2, 0.25) is 0 Å². The van der Waals surface area contributed by atoms with Gasteiger partial charge >= 0.3 is 0 Å². The summed E-state index contributed by atoms with van der Waals surface area (Å²) in [6.07, 6.45) is 1.13. The van der Waals surface area contributed by atoms with Gasteiger partial charge in [-0.15, -0.1) is 0 Å². The molecule has 0 atom stereocenters. The lowest BCUT2D eigenvalue weighted by atomic mass is 10.2. The van der Waals surface area contributed by atoms with Crippen LogP contribution >= 0.6 is 23.2 Å². The number of rotatable bonds is 11. The Kier molecular flexibility index (Phi) is 9.27. The van der Waals surface area contributed by atoms with E-state index in [1.165, 1.54) is 0 Å². The summed E-state index contributed by atoms with van der Waals surface area (Å²) >= 11 is 12.1. The van der Waals surface area contributed by atoms with E-state index in [4.69, 9.17) is 27.9 Å². The zero-order chi connectivity index (χ0) is 18.8. The lowest BCUT2D eigenvalue weighted by Crippen LogP contribution is -2.27. The first-order chi connectivity index (χ1) is 12.6. The molecule has 2 rings (SSSR count). The van der Waals surface area contributed by atoms with Crippen LogP contribution in [0.25, 0.3) is 0 Å². The number of nitrogens with one attached hydrogen (secondary N) is 1. The summed E-state index contributed by atoms with van der Waals surface area (Å²) in [5.74, 6) is 0.862. The molecule has 2 aromatic rings. The second-order valence-electron chi connectivity index (χ2n) is 6.22. The molecule has 5 heteroatoms. The fourth-order valence-corrected chi connectivity index (χ4v) is 3.08. The maximum absolute atomic E-state index is 6.17. The van der Waals surface area contributed by atoms with Gasteiger partial charge in [0.15, 0.2) is 0 Å². The summed E-state index contributed by atoms with van der Waals surface area (Å²) in [7, 11) is 0. The standard InChI is InChI=1S/C21H28Cl2N2O/c1-3-25(4-2)13-5-12-24-15-18-14-20(23)10-11-21(18)26-16-17-6-8-19(22)9-7-17/h6-11,14,24H,3-5,12-13,15-16H2,1-2H3. The molecular formula is C21H28Cl2N2O. The molecule has 2 aromatic carbocycles. The third kappa shape index (κ3) is 7.16. The maximum Gasteiger partial charge on any atom is 0.124 e. The Morgan fingerprint density at radius 1 is 0.962 bits per heavy atom. The molecule has 0 fully saturated rings. The summed E-state index contributed by atoms with van der Waals surface area (Å²) in [6, 6.07) is 13.5. The van der Waals surface area contributed by atoms with Gasteiger partial charge in [-0.3, -0.25) is 0 Å². The van der Waals surface area contributed by atoms with Crippen molar-refractivity contribution in [3.05, 3.63) is 63.6 Å². The molecule has 0 aromatic heterocycles. The Hall–Kier alpha value is -1.26. The van der Waals surface area contributed by atoms with Crippen molar-refractivity contribution in [3.63, 3.8) is 0 Å². The monoisotopic (exact) mass is 394 g/mol. The first kappa shape index (κ1) is 21.0. The summed E-state index contributed by atoms with van der Waals surface area (Å²) in [4.78, 5) is 2.43. The van der Waals surface area contributed by atoms with Crippen molar-refractivity contribution >= 4 is 23.2 Å². The van der Waals surface area contributed by atoms with Crippen LogP contribution in [0, 0.1) is 0 Å². The first-order valence-corrected chi connectivity index (χ1v) is 9.96. The Labute approximate surface area is 167 Å². The topological polar surface area (TPSA) is 24.5 Å². The molecule has 0 saturated carbocycles. The molecule has 0 amide bonds. The van der Waals surface area contributed by atoms with Gasteiger partial charge < -0.3 is 15.0 Å².